The van der Waals surface area contributed by atoms with E-state index in [1.165, 1.54) is 0 Å². The maximum Gasteiger partial charge on any atom is 0.166 e. The van der Waals surface area contributed by atoms with Crippen molar-refractivity contribution in [2.75, 3.05) is 0 Å². The molecule has 0 aliphatic rings. The van der Waals surface area contributed by atoms with Crippen molar-refractivity contribution in [2.45, 2.75) is 51.2 Å². The smallest absolute Gasteiger partial charge is 0.166 e. The lowest BCUT2D eigenvalue weighted by molar-refractivity contribution is 0.555. The van der Waals surface area contributed by atoms with E-state index in [9.17, 15) is 8.42 Å². The van der Waals surface area contributed by atoms with Gasteiger partial charge in [0.25, 0.3) is 0 Å². The van der Waals surface area contributed by atoms with Crippen LogP contribution in [0.25, 0.3) is 0 Å². The lowest BCUT2D eigenvalue weighted by Gasteiger charge is -2.09. The highest BCUT2D eigenvalue weighted by Gasteiger charge is 2.18. The van der Waals surface area contributed by atoms with Gasteiger partial charge >= 0.3 is 0 Å². The molecule has 120 valence electrons. The van der Waals surface area contributed by atoms with E-state index in [-0.39, 0.29) is 11.5 Å². The first-order chi connectivity index (χ1) is 10.4. The second-order valence-corrected chi connectivity index (χ2v) is 7.81. The Kier molecular flexibility index (Phi) is 5.28. The second-order valence-electron chi connectivity index (χ2n) is 5.75. The lowest BCUT2D eigenvalue weighted by Crippen LogP contribution is -2.13. The molecule has 1 aromatic carbocycles. The van der Waals surface area contributed by atoms with Crippen LogP contribution in [-0.2, 0) is 27.9 Å². The van der Waals surface area contributed by atoms with E-state index in [0.29, 0.717) is 18.3 Å². The summed E-state index contributed by atoms with van der Waals surface area (Å²) in [6, 6.07) is 7.72. The number of nitrogens with zero attached hydrogens (tertiary/aromatic N) is 4. The van der Waals surface area contributed by atoms with Crippen LogP contribution in [0.15, 0.2) is 24.3 Å². The number of hydrogen-bond donors (Lipinski definition) is 0. The molecule has 2 rings (SSSR count). The predicted octanol–water partition coefficient (Wildman–Crippen LogP) is 2.32. The summed E-state index contributed by atoms with van der Waals surface area (Å²) in [6.07, 6.45) is 0.856. The van der Waals surface area contributed by atoms with Crippen molar-refractivity contribution >= 4 is 9.84 Å². The molecule has 7 heteroatoms. The van der Waals surface area contributed by atoms with Gasteiger partial charge in [-0.3, -0.25) is 0 Å². The van der Waals surface area contributed by atoms with Crippen LogP contribution in [0.1, 0.15) is 50.1 Å². The van der Waals surface area contributed by atoms with Crippen molar-refractivity contribution in [2.24, 2.45) is 0 Å². The zero-order valence-electron chi connectivity index (χ0n) is 13.2. The fraction of sp³-hybridized carbons (Fsp3) is 0.533. The summed E-state index contributed by atoms with van der Waals surface area (Å²) in [6.45, 7) is 6.80. The first kappa shape index (κ1) is 16.6. The zero-order valence-corrected chi connectivity index (χ0v) is 14.0. The number of sulfone groups is 1. The highest BCUT2D eigenvalue weighted by atomic mass is 32.2. The highest BCUT2D eigenvalue weighted by molar-refractivity contribution is 7.89. The van der Waals surface area contributed by atoms with Gasteiger partial charge in [0, 0.05) is 6.54 Å². The van der Waals surface area contributed by atoms with Crippen molar-refractivity contribution in [1.82, 2.24) is 20.2 Å². The van der Waals surface area contributed by atoms with E-state index in [2.05, 4.69) is 29.4 Å². The van der Waals surface area contributed by atoms with Crippen LogP contribution >= 0.6 is 0 Å². The molecule has 6 nitrogen and oxygen atoms in total. The Morgan fingerprint density at radius 1 is 1.23 bits per heavy atom. The molecule has 1 aromatic heterocycles. The number of tetrazole rings is 1. The largest absolute Gasteiger partial charge is 0.229 e. The number of hydrogen-bond acceptors (Lipinski definition) is 5. The maximum atomic E-state index is 12.4. The van der Waals surface area contributed by atoms with Crippen LogP contribution in [0, 0.1) is 0 Å². The Labute approximate surface area is 131 Å². The van der Waals surface area contributed by atoms with E-state index >= 15 is 0 Å². The van der Waals surface area contributed by atoms with Gasteiger partial charge in [-0.05, 0) is 33.9 Å². The molecule has 2 aromatic rings. The van der Waals surface area contributed by atoms with Gasteiger partial charge in [-0.1, -0.05) is 45.0 Å². The summed E-state index contributed by atoms with van der Waals surface area (Å²) < 4.78 is 26.3. The van der Waals surface area contributed by atoms with Gasteiger partial charge in [-0.25, -0.2) is 13.1 Å². The van der Waals surface area contributed by atoms with Crippen LogP contribution in [-0.4, -0.2) is 28.6 Å². The fourth-order valence-electron chi connectivity index (χ4n) is 2.26. The van der Waals surface area contributed by atoms with E-state index in [1.807, 2.05) is 31.2 Å². The number of benzene rings is 1. The summed E-state index contributed by atoms with van der Waals surface area (Å²) >= 11 is 0. The fourth-order valence-corrected chi connectivity index (χ4v) is 3.65. The van der Waals surface area contributed by atoms with Gasteiger partial charge < -0.3 is 0 Å². The van der Waals surface area contributed by atoms with Crippen molar-refractivity contribution in [3.05, 3.63) is 41.2 Å². The summed E-state index contributed by atoms with van der Waals surface area (Å²) in [5.41, 5.74) is 1.95. The van der Waals surface area contributed by atoms with Gasteiger partial charge in [0.05, 0.1) is 5.75 Å². The standard InChI is InChI=1S/C15H22N4O2S/c1-4-8-19-15(16-17-18-19)11-22(20,21)10-13-6-5-7-14(9-13)12(2)3/h5-7,9,12H,4,8,10-11H2,1-3H3. The Morgan fingerprint density at radius 2 is 2.00 bits per heavy atom. The van der Waals surface area contributed by atoms with E-state index in [4.69, 9.17) is 0 Å². The minimum atomic E-state index is -3.30. The molecule has 0 aliphatic heterocycles. The minimum Gasteiger partial charge on any atom is -0.229 e. The minimum absolute atomic E-state index is 0.00649. The topological polar surface area (TPSA) is 77.7 Å². The SMILES string of the molecule is CCCn1nnnc1CS(=O)(=O)Cc1cccc(C(C)C)c1. The summed E-state index contributed by atoms with van der Waals surface area (Å²) in [4.78, 5) is 0. The lowest BCUT2D eigenvalue weighted by atomic mass is 10.0. The molecule has 0 N–H and O–H groups in total. The van der Waals surface area contributed by atoms with Crippen molar-refractivity contribution < 1.29 is 8.42 Å². The van der Waals surface area contributed by atoms with Crippen LogP contribution < -0.4 is 0 Å². The van der Waals surface area contributed by atoms with Gasteiger partial charge in [-0.15, -0.1) is 5.10 Å². The first-order valence-electron chi connectivity index (χ1n) is 7.45. The third-order valence-corrected chi connectivity index (χ3v) is 4.87. The van der Waals surface area contributed by atoms with E-state index < -0.39 is 9.84 Å². The average molecular weight is 322 g/mol. The molecule has 0 aliphatic carbocycles. The summed E-state index contributed by atoms with van der Waals surface area (Å²) in [5.74, 6) is 0.653. The molecule has 0 atom stereocenters. The molecule has 0 saturated carbocycles. The molecular formula is C15H22N4O2S. The molecule has 0 amide bonds. The Bertz CT molecular complexity index is 723. The summed E-state index contributed by atoms with van der Waals surface area (Å²) in [5, 5.41) is 11.2. The number of aryl methyl sites for hydroxylation is 1. The monoisotopic (exact) mass is 322 g/mol. The van der Waals surface area contributed by atoms with Crippen LogP contribution in [0.3, 0.4) is 0 Å². The van der Waals surface area contributed by atoms with Crippen LogP contribution in [0.4, 0.5) is 0 Å². The van der Waals surface area contributed by atoms with E-state index in [1.54, 1.807) is 4.68 Å². The first-order valence-corrected chi connectivity index (χ1v) is 9.27. The van der Waals surface area contributed by atoms with Gasteiger partial charge in [0.1, 0.15) is 5.75 Å². The summed E-state index contributed by atoms with van der Waals surface area (Å²) in [7, 11) is -3.30. The third kappa shape index (κ3) is 4.37. The molecule has 22 heavy (non-hydrogen) atoms. The number of aromatic nitrogens is 4. The Morgan fingerprint density at radius 3 is 2.68 bits per heavy atom. The quantitative estimate of drug-likeness (QED) is 0.782. The van der Waals surface area contributed by atoms with Crippen molar-refractivity contribution in [3.8, 4) is 0 Å². The molecular weight excluding hydrogens is 300 g/mol. The van der Waals surface area contributed by atoms with Crippen LogP contribution in [0.2, 0.25) is 0 Å². The molecule has 0 bridgehead atoms. The molecule has 0 spiro atoms. The molecule has 0 fully saturated rings. The van der Waals surface area contributed by atoms with E-state index in [0.717, 1.165) is 17.5 Å². The number of rotatable bonds is 7. The highest BCUT2D eigenvalue weighted by Crippen LogP contribution is 2.18. The van der Waals surface area contributed by atoms with Crippen molar-refractivity contribution in [3.63, 3.8) is 0 Å². The molecule has 1 heterocycles. The maximum absolute atomic E-state index is 12.4. The zero-order chi connectivity index (χ0) is 16.2. The van der Waals surface area contributed by atoms with Crippen molar-refractivity contribution in [1.29, 1.82) is 0 Å². The Hall–Kier alpha value is -1.76. The Balaban J connectivity index is 2.14. The van der Waals surface area contributed by atoms with Crippen LogP contribution in [0.5, 0.6) is 0 Å². The van der Waals surface area contributed by atoms with Gasteiger partial charge in [-0.2, -0.15) is 0 Å². The molecule has 0 saturated heterocycles. The average Bonchev–Trinajstić information content (AvgIpc) is 2.85. The third-order valence-electron chi connectivity index (χ3n) is 3.39. The normalized spacial score (nSPS) is 12.0. The predicted molar refractivity (Wildman–Crippen MR) is 85.0 cm³/mol. The molecule has 0 unspecified atom stereocenters. The van der Waals surface area contributed by atoms with Gasteiger partial charge in [0.2, 0.25) is 0 Å². The second kappa shape index (κ2) is 7.00. The van der Waals surface area contributed by atoms with Gasteiger partial charge in [0.15, 0.2) is 15.7 Å². The molecule has 0 radical (unpaired) electrons.